The largest absolute Gasteiger partial charge is 0.493 e. The zero-order valence-electron chi connectivity index (χ0n) is 9.35. The lowest BCUT2D eigenvalue weighted by atomic mass is 10.1. The molecule has 0 spiro atoms. The molecule has 0 aliphatic carbocycles. The first kappa shape index (κ1) is 13.4. The molecule has 3 nitrogen and oxygen atoms in total. The van der Waals surface area contributed by atoms with Crippen molar-refractivity contribution < 1.29 is 9.47 Å². The molecule has 0 unspecified atom stereocenters. The minimum absolute atomic E-state index is 0.500. The maximum atomic E-state index is 6.20. The molecular formula is C11H15Cl2NO2. The van der Waals surface area contributed by atoms with Crippen LogP contribution in [0.4, 0.5) is 0 Å². The summed E-state index contributed by atoms with van der Waals surface area (Å²) in [7, 11) is 3.09. The molecule has 1 aromatic rings. The van der Waals surface area contributed by atoms with Crippen LogP contribution in [0.1, 0.15) is 12.0 Å². The average molecular weight is 264 g/mol. The van der Waals surface area contributed by atoms with Crippen LogP contribution in [0.5, 0.6) is 11.5 Å². The van der Waals surface area contributed by atoms with Gasteiger partial charge >= 0.3 is 0 Å². The van der Waals surface area contributed by atoms with Crippen LogP contribution < -0.4 is 15.2 Å². The number of benzene rings is 1. The smallest absolute Gasteiger partial charge is 0.179 e. The highest BCUT2D eigenvalue weighted by molar-refractivity contribution is 6.37. The topological polar surface area (TPSA) is 44.5 Å². The van der Waals surface area contributed by atoms with E-state index in [2.05, 4.69) is 0 Å². The monoisotopic (exact) mass is 263 g/mol. The molecule has 16 heavy (non-hydrogen) atoms. The van der Waals surface area contributed by atoms with Crippen LogP contribution in [0.15, 0.2) is 6.07 Å². The van der Waals surface area contributed by atoms with Crippen molar-refractivity contribution in [2.75, 3.05) is 20.8 Å². The molecule has 0 heterocycles. The van der Waals surface area contributed by atoms with Gasteiger partial charge in [-0.2, -0.15) is 0 Å². The molecule has 0 aliphatic heterocycles. The van der Waals surface area contributed by atoms with Gasteiger partial charge in [-0.3, -0.25) is 0 Å². The van der Waals surface area contributed by atoms with Crippen LogP contribution in [0.2, 0.25) is 10.0 Å². The molecule has 0 saturated carbocycles. The third-order valence-corrected chi connectivity index (χ3v) is 3.03. The number of methoxy groups -OCH3 is 2. The van der Waals surface area contributed by atoms with Gasteiger partial charge in [-0.05, 0) is 24.9 Å². The second-order valence-electron chi connectivity index (χ2n) is 3.28. The summed E-state index contributed by atoms with van der Waals surface area (Å²) in [4.78, 5) is 0. The summed E-state index contributed by atoms with van der Waals surface area (Å²) in [5.41, 5.74) is 6.31. The molecule has 0 bridgehead atoms. The van der Waals surface area contributed by atoms with Crippen molar-refractivity contribution in [1.29, 1.82) is 0 Å². The van der Waals surface area contributed by atoms with E-state index in [-0.39, 0.29) is 0 Å². The van der Waals surface area contributed by atoms with Gasteiger partial charge in [0.2, 0.25) is 0 Å². The number of hydrogen-bond donors (Lipinski definition) is 1. The third-order valence-electron chi connectivity index (χ3n) is 2.29. The maximum absolute atomic E-state index is 6.20. The minimum atomic E-state index is 0.500. The van der Waals surface area contributed by atoms with Crippen molar-refractivity contribution in [3.63, 3.8) is 0 Å². The number of halogens is 2. The van der Waals surface area contributed by atoms with Gasteiger partial charge in [0.05, 0.1) is 19.2 Å². The molecule has 0 saturated heterocycles. The first-order valence-corrected chi connectivity index (χ1v) is 5.70. The molecule has 5 heteroatoms. The standard InChI is InChI=1S/C11H15Cl2NO2/c1-15-9-6-8(12)7(4-3-5-14)10(13)11(9)16-2/h6H,3-5,14H2,1-2H3. The van der Waals surface area contributed by atoms with Gasteiger partial charge in [0.1, 0.15) is 0 Å². The number of nitrogens with two attached hydrogens (primary N) is 1. The van der Waals surface area contributed by atoms with Crippen LogP contribution in [0.25, 0.3) is 0 Å². The Kier molecular flexibility index (Phi) is 5.19. The Morgan fingerprint density at radius 2 is 1.94 bits per heavy atom. The van der Waals surface area contributed by atoms with Gasteiger partial charge in [0.15, 0.2) is 11.5 Å². The summed E-state index contributed by atoms with van der Waals surface area (Å²) >= 11 is 12.3. The average Bonchev–Trinajstić information content (AvgIpc) is 2.28. The molecule has 0 fully saturated rings. The molecule has 0 amide bonds. The van der Waals surface area contributed by atoms with Crippen LogP contribution in [-0.4, -0.2) is 20.8 Å². The highest BCUT2D eigenvalue weighted by Crippen LogP contribution is 2.41. The van der Waals surface area contributed by atoms with Gasteiger partial charge in [-0.15, -0.1) is 0 Å². The lowest BCUT2D eigenvalue weighted by Crippen LogP contribution is -2.02. The van der Waals surface area contributed by atoms with E-state index in [9.17, 15) is 0 Å². The van der Waals surface area contributed by atoms with E-state index in [0.717, 1.165) is 18.4 Å². The zero-order chi connectivity index (χ0) is 12.1. The molecule has 0 radical (unpaired) electrons. The fraction of sp³-hybridized carbons (Fsp3) is 0.455. The molecule has 1 aromatic carbocycles. The SMILES string of the molecule is COc1cc(Cl)c(CCCN)c(Cl)c1OC. The van der Waals surface area contributed by atoms with E-state index < -0.39 is 0 Å². The molecule has 0 atom stereocenters. The highest BCUT2D eigenvalue weighted by atomic mass is 35.5. The summed E-state index contributed by atoms with van der Waals surface area (Å²) in [5.74, 6) is 1.05. The molecule has 0 aromatic heterocycles. The Morgan fingerprint density at radius 3 is 2.44 bits per heavy atom. The van der Waals surface area contributed by atoms with Crippen molar-refractivity contribution in [2.45, 2.75) is 12.8 Å². The summed E-state index contributed by atoms with van der Waals surface area (Å²) in [6.07, 6.45) is 1.56. The van der Waals surface area contributed by atoms with Crippen molar-refractivity contribution in [3.8, 4) is 11.5 Å². The van der Waals surface area contributed by atoms with Crippen molar-refractivity contribution in [1.82, 2.24) is 0 Å². The second-order valence-corrected chi connectivity index (χ2v) is 4.06. The summed E-state index contributed by atoms with van der Waals surface area (Å²) in [6.45, 7) is 0.598. The molecule has 2 N–H and O–H groups in total. The summed E-state index contributed by atoms with van der Waals surface area (Å²) in [5, 5.41) is 1.08. The van der Waals surface area contributed by atoms with Gasteiger partial charge in [0.25, 0.3) is 0 Å². The van der Waals surface area contributed by atoms with E-state index in [0.29, 0.717) is 28.1 Å². The van der Waals surface area contributed by atoms with Crippen molar-refractivity contribution >= 4 is 23.2 Å². The first-order chi connectivity index (χ1) is 7.65. The quantitative estimate of drug-likeness (QED) is 0.889. The Balaban J connectivity index is 3.18. The zero-order valence-corrected chi connectivity index (χ0v) is 10.9. The number of rotatable bonds is 5. The predicted octanol–water partition coefficient (Wildman–Crippen LogP) is 2.90. The normalized spacial score (nSPS) is 10.3. The van der Waals surface area contributed by atoms with E-state index in [1.165, 1.54) is 0 Å². The van der Waals surface area contributed by atoms with Gasteiger partial charge in [0, 0.05) is 11.1 Å². The van der Waals surface area contributed by atoms with Crippen molar-refractivity contribution in [3.05, 3.63) is 21.7 Å². The Bertz CT molecular complexity index is 369. The van der Waals surface area contributed by atoms with Gasteiger partial charge < -0.3 is 15.2 Å². The summed E-state index contributed by atoms with van der Waals surface area (Å²) in [6, 6.07) is 1.71. The maximum Gasteiger partial charge on any atom is 0.179 e. The minimum Gasteiger partial charge on any atom is -0.493 e. The molecule has 1 rings (SSSR count). The Morgan fingerprint density at radius 1 is 1.25 bits per heavy atom. The Hall–Kier alpha value is -0.640. The predicted molar refractivity (Wildman–Crippen MR) is 66.9 cm³/mol. The summed E-state index contributed by atoms with van der Waals surface area (Å²) < 4.78 is 10.3. The third kappa shape index (κ3) is 2.73. The van der Waals surface area contributed by atoms with Crippen LogP contribution >= 0.6 is 23.2 Å². The van der Waals surface area contributed by atoms with Crippen LogP contribution in [0, 0.1) is 0 Å². The van der Waals surface area contributed by atoms with E-state index in [1.807, 2.05) is 0 Å². The van der Waals surface area contributed by atoms with Crippen LogP contribution in [0.3, 0.4) is 0 Å². The Labute approximate surface area is 105 Å². The first-order valence-electron chi connectivity index (χ1n) is 4.94. The number of ether oxygens (including phenoxy) is 2. The number of hydrogen-bond acceptors (Lipinski definition) is 3. The molecule has 90 valence electrons. The highest BCUT2D eigenvalue weighted by Gasteiger charge is 2.16. The van der Waals surface area contributed by atoms with Crippen molar-refractivity contribution in [2.24, 2.45) is 5.73 Å². The van der Waals surface area contributed by atoms with E-state index in [4.69, 9.17) is 38.4 Å². The second kappa shape index (κ2) is 6.18. The molecule has 0 aliphatic rings. The van der Waals surface area contributed by atoms with Crippen LogP contribution in [-0.2, 0) is 6.42 Å². The van der Waals surface area contributed by atoms with Gasteiger partial charge in [-0.1, -0.05) is 23.2 Å². The lowest BCUT2D eigenvalue weighted by Gasteiger charge is -2.14. The fourth-order valence-electron chi connectivity index (χ4n) is 1.47. The van der Waals surface area contributed by atoms with E-state index >= 15 is 0 Å². The fourth-order valence-corrected chi connectivity index (χ4v) is 2.17. The molecular weight excluding hydrogens is 249 g/mol. The van der Waals surface area contributed by atoms with Gasteiger partial charge in [-0.25, -0.2) is 0 Å². The lowest BCUT2D eigenvalue weighted by molar-refractivity contribution is 0.354. The van der Waals surface area contributed by atoms with E-state index in [1.54, 1.807) is 20.3 Å².